The van der Waals surface area contributed by atoms with Crippen LogP contribution in [0.15, 0.2) is 47.5 Å². The lowest BCUT2D eigenvalue weighted by molar-refractivity contribution is 0.0926. The van der Waals surface area contributed by atoms with E-state index in [1.807, 2.05) is 4.72 Å². The Morgan fingerprint density at radius 3 is 2.47 bits per heavy atom. The van der Waals surface area contributed by atoms with Crippen LogP contribution in [0.4, 0.5) is 4.79 Å². The molecule has 3 rings (SSSR count). The van der Waals surface area contributed by atoms with Gasteiger partial charge in [-0.1, -0.05) is 25.3 Å². The standard InChI is InChI=1S/C22H26N4O7S/c27-12-11-23-22(30)33-19-10-9-16(14-24-19)21(29)26-34(31,32)18-8-4-5-15(13-18)20(28)25-17-6-2-1-3-7-17/h4-5,8-10,13-14,17,27H,1-3,6-7,11-12H2,(H,23,30)(H,25,28)(H,26,29). The van der Waals surface area contributed by atoms with E-state index in [-0.39, 0.29) is 47.0 Å². The van der Waals surface area contributed by atoms with Crippen LogP contribution < -0.4 is 20.1 Å². The molecule has 1 aromatic heterocycles. The Labute approximate surface area is 197 Å². The summed E-state index contributed by atoms with van der Waals surface area (Å²) in [6.07, 6.45) is 5.23. The first-order valence-electron chi connectivity index (χ1n) is 10.8. The average molecular weight is 491 g/mol. The number of rotatable bonds is 8. The molecule has 0 saturated heterocycles. The summed E-state index contributed by atoms with van der Waals surface area (Å²) in [5, 5.41) is 13.9. The number of aliphatic hydroxyl groups is 1. The van der Waals surface area contributed by atoms with Gasteiger partial charge in [0.25, 0.3) is 21.8 Å². The molecule has 0 unspecified atom stereocenters. The summed E-state index contributed by atoms with van der Waals surface area (Å²) in [5.74, 6) is -1.43. The minimum absolute atomic E-state index is 0.000619. The Bertz CT molecular complexity index is 1130. The summed E-state index contributed by atoms with van der Waals surface area (Å²) in [6, 6.07) is 7.97. The summed E-state index contributed by atoms with van der Waals surface area (Å²) < 4.78 is 32.2. The van der Waals surface area contributed by atoms with Gasteiger partial charge in [0.15, 0.2) is 0 Å². The average Bonchev–Trinajstić information content (AvgIpc) is 2.83. The molecule has 1 aliphatic carbocycles. The maximum absolute atomic E-state index is 12.7. The van der Waals surface area contributed by atoms with Gasteiger partial charge < -0.3 is 20.5 Å². The molecule has 1 aromatic carbocycles. The molecule has 12 heteroatoms. The normalized spacial score (nSPS) is 14.1. The second-order valence-electron chi connectivity index (χ2n) is 7.70. The van der Waals surface area contributed by atoms with Crippen LogP contribution in [0.5, 0.6) is 5.88 Å². The molecule has 34 heavy (non-hydrogen) atoms. The molecule has 1 heterocycles. The lowest BCUT2D eigenvalue weighted by atomic mass is 9.95. The zero-order valence-electron chi connectivity index (χ0n) is 18.3. The summed E-state index contributed by atoms with van der Waals surface area (Å²) in [7, 11) is -4.26. The van der Waals surface area contributed by atoms with Gasteiger partial charge >= 0.3 is 6.09 Å². The minimum atomic E-state index is -4.26. The van der Waals surface area contributed by atoms with Crippen LogP contribution in [-0.2, 0) is 10.0 Å². The molecule has 182 valence electrons. The van der Waals surface area contributed by atoms with Crippen LogP contribution in [-0.4, -0.2) is 55.6 Å². The number of hydrogen-bond acceptors (Lipinski definition) is 8. The number of amides is 3. The predicted octanol–water partition coefficient (Wildman–Crippen LogP) is 1.34. The van der Waals surface area contributed by atoms with Crippen molar-refractivity contribution < 1.29 is 32.6 Å². The van der Waals surface area contributed by atoms with Crippen LogP contribution in [0.25, 0.3) is 0 Å². The van der Waals surface area contributed by atoms with E-state index in [0.29, 0.717) is 0 Å². The van der Waals surface area contributed by atoms with Crippen molar-refractivity contribution in [3.63, 3.8) is 0 Å². The zero-order chi connectivity index (χ0) is 24.6. The Balaban J connectivity index is 1.63. The fourth-order valence-corrected chi connectivity index (χ4v) is 4.44. The quantitative estimate of drug-likeness (QED) is 0.431. The third-order valence-electron chi connectivity index (χ3n) is 5.15. The number of ether oxygens (including phenoxy) is 1. The van der Waals surface area contributed by atoms with E-state index >= 15 is 0 Å². The van der Waals surface area contributed by atoms with Gasteiger partial charge in [-0.3, -0.25) is 9.59 Å². The Morgan fingerprint density at radius 2 is 1.79 bits per heavy atom. The van der Waals surface area contributed by atoms with Crippen molar-refractivity contribution in [1.29, 1.82) is 0 Å². The third-order valence-corrected chi connectivity index (χ3v) is 6.48. The summed E-state index contributed by atoms with van der Waals surface area (Å²) >= 11 is 0. The van der Waals surface area contributed by atoms with Crippen LogP contribution in [0.2, 0.25) is 0 Å². The fourth-order valence-electron chi connectivity index (χ4n) is 3.42. The highest BCUT2D eigenvalue weighted by molar-refractivity contribution is 7.90. The van der Waals surface area contributed by atoms with Gasteiger partial charge in [-0.2, -0.15) is 0 Å². The number of nitrogens with one attached hydrogen (secondary N) is 3. The summed E-state index contributed by atoms with van der Waals surface area (Å²) in [4.78, 5) is 40.0. The largest absolute Gasteiger partial charge is 0.414 e. The van der Waals surface area contributed by atoms with Gasteiger partial charge in [0, 0.05) is 30.4 Å². The number of carbonyl (C=O) groups is 3. The molecule has 0 aliphatic heterocycles. The molecule has 4 N–H and O–H groups in total. The van der Waals surface area contributed by atoms with Crippen LogP contribution >= 0.6 is 0 Å². The van der Waals surface area contributed by atoms with Crippen LogP contribution in [0.3, 0.4) is 0 Å². The molecule has 1 fully saturated rings. The molecule has 2 aromatic rings. The van der Waals surface area contributed by atoms with Crippen molar-refractivity contribution in [2.75, 3.05) is 13.2 Å². The predicted molar refractivity (Wildman–Crippen MR) is 121 cm³/mol. The number of sulfonamides is 1. The van der Waals surface area contributed by atoms with Crippen molar-refractivity contribution >= 4 is 27.9 Å². The van der Waals surface area contributed by atoms with Gasteiger partial charge in [0.1, 0.15) is 0 Å². The van der Waals surface area contributed by atoms with Crippen LogP contribution in [0.1, 0.15) is 52.8 Å². The number of carbonyl (C=O) groups excluding carboxylic acids is 3. The Kier molecular flexibility index (Phi) is 8.55. The molecule has 3 amide bonds. The lowest BCUT2D eigenvalue weighted by Gasteiger charge is -2.22. The zero-order valence-corrected chi connectivity index (χ0v) is 19.1. The number of pyridine rings is 1. The van der Waals surface area contributed by atoms with Crippen molar-refractivity contribution in [2.45, 2.75) is 43.0 Å². The monoisotopic (exact) mass is 490 g/mol. The van der Waals surface area contributed by atoms with Crippen LogP contribution in [0, 0.1) is 0 Å². The van der Waals surface area contributed by atoms with E-state index in [4.69, 9.17) is 9.84 Å². The number of benzene rings is 1. The number of aliphatic hydroxyl groups excluding tert-OH is 1. The number of hydrogen-bond donors (Lipinski definition) is 4. The van der Waals surface area contributed by atoms with Crippen molar-refractivity contribution in [3.05, 3.63) is 53.7 Å². The molecule has 1 saturated carbocycles. The molecule has 1 aliphatic rings. The molecule has 0 bridgehead atoms. The molecular weight excluding hydrogens is 464 g/mol. The minimum Gasteiger partial charge on any atom is -0.395 e. The van der Waals surface area contributed by atoms with Crippen molar-refractivity contribution in [1.82, 2.24) is 20.3 Å². The Morgan fingerprint density at radius 1 is 1.03 bits per heavy atom. The highest BCUT2D eigenvalue weighted by Gasteiger charge is 2.22. The van der Waals surface area contributed by atoms with Gasteiger partial charge in [0.2, 0.25) is 5.88 Å². The smallest absolute Gasteiger partial charge is 0.395 e. The first-order valence-corrected chi connectivity index (χ1v) is 12.3. The van der Waals surface area contributed by atoms with Gasteiger partial charge in [-0.05, 0) is 37.1 Å². The summed E-state index contributed by atoms with van der Waals surface area (Å²) in [5.41, 5.74) is 0.0985. The molecule has 0 spiro atoms. The van der Waals surface area contributed by atoms with Gasteiger partial charge in [0.05, 0.1) is 17.1 Å². The molecule has 0 atom stereocenters. The maximum atomic E-state index is 12.7. The van der Waals surface area contributed by atoms with E-state index in [1.165, 1.54) is 36.4 Å². The van der Waals surface area contributed by atoms with E-state index in [0.717, 1.165) is 38.3 Å². The first kappa shape index (κ1) is 25.1. The SMILES string of the molecule is O=C(NCCO)Oc1ccc(C(=O)NS(=O)(=O)c2cccc(C(=O)NC3CCCCC3)c2)cn1. The number of nitrogens with zero attached hydrogens (tertiary/aromatic N) is 1. The van der Waals surface area contributed by atoms with Gasteiger partial charge in [-0.25, -0.2) is 22.9 Å². The van der Waals surface area contributed by atoms with E-state index in [2.05, 4.69) is 15.6 Å². The van der Waals surface area contributed by atoms with Gasteiger partial charge in [-0.15, -0.1) is 0 Å². The molecular formula is C22H26N4O7S. The first-order chi connectivity index (χ1) is 16.3. The fraction of sp³-hybridized carbons (Fsp3) is 0.364. The lowest BCUT2D eigenvalue weighted by Crippen LogP contribution is -2.36. The van der Waals surface area contributed by atoms with E-state index < -0.39 is 22.0 Å². The van der Waals surface area contributed by atoms with E-state index in [1.54, 1.807) is 0 Å². The van der Waals surface area contributed by atoms with Crippen molar-refractivity contribution in [2.24, 2.45) is 0 Å². The van der Waals surface area contributed by atoms with Crippen molar-refractivity contribution in [3.8, 4) is 5.88 Å². The maximum Gasteiger partial charge on any atom is 0.414 e. The third kappa shape index (κ3) is 6.99. The summed E-state index contributed by atoms with van der Waals surface area (Å²) in [6.45, 7) is -0.259. The second-order valence-corrected chi connectivity index (χ2v) is 9.38. The highest BCUT2D eigenvalue weighted by Crippen LogP contribution is 2.19. The Hall–Kier alpha value is -3.51. The molecule has 0 radical (unpaired) electrons. The topological polar surface area (TPSA) is 164 Å². The van der Waals surface area contributed by atoms with E-state index in [9.17, 15) is 22.8 Å². The number of aromatic nitrogens is 1. The highest BCUT2D eigenvalue weighted by atomic mass is 32.2. The molecule has 11 nitrogen and oxygen atoms in total. The second kappa shape index (κ2) is 11.6.